The van der Waals surface area contributed by atoms with E-state index in [2.05, 4.69) is 16.7 Å². The van der Waals surface area contributed by atoms with E-state index in [1.54, 1.807) is 39.6 Å². The smallest absolute Gasteiger partial charge is 0.340 e. The summed E-state index contributed by atoms with van der Waals surface area (Å²) in [5.74, 6) is -1.42. The number of aromatic nitrogens is 1. The number of para-hydroxylation sites is 2. The molecule has 0 saturated heterocycles. The van der Waals surface area contributed by atoms with Gasteiger partial charge in [-0.05, 0) is 55.1 Å². The quantitative estimate of drug-likeness (QED) is 0.345. The lowest BCUT2D eigenvalue weighted by molar-refractivity contribution is -0.119. The molecule has 2 aromatic carbocycles. The number of rotatable bonds is 7. The summed E-state index contributed by atoms with van der Waals surface area (Å²) < 4.78 is 7.02. The van der Waals surface area contributed by atoms with E-state index in [1.165, 1.54) is 17.4 Å². The maximum Gasteiger partial charge on any atom is 0.340 e. The number of nitrogens with zero attached hydrogens (tertiary/aromatic N) is 2. The number of ether oxygens (including phenoxy) is 1. The molecule has 8 nitrogen and oxygen atoms in total. The zero-order chi connectivity index (χ0) is 25.7. The number of hydrogen-bond acceptors (Lipinski definition) is 6. The maximum atomic E-state index is 12.8. The van der Waals surface area contributed by atoms with Gasteiger partial charge >= 0.3 is 5.97 Å². The summed E-state index contributed by atoms with van der Waals surface area (Å²) in [7, 11) is 0. The molecule has 0 aliphatic rings. The molecule has 0 unspecified atom stereocenters. The summed E-state index contributed by atoms with van der Waals surface area (Å²) in [6, 6.07) is 19.5. The van der Waals surface area contributed by atoms with Crippen LogP contribution in [0.4, 0.5) is 11.5 Å². The summed E-state index contributed by atoms with van der Waals surface area (Å²) in [6.45, 7) is 3.10. The van der Waals surface area contributed by atoms with E-state index in [-0.39, 0.29) is 17.2 Å². The molecule has 2 amide bonds. The van der Waals surface area contributed by atoms with Crippen molar-refractivity contribution in [1.29, 1.82) is 5.26 Å². The lowest BCUT2D eigenvalue weighted by atomic mass is 10.1. The Hall–Kier alpha value is -4.68. The van der Waals surface area contributed by atoms with Crippen LogP contribution in [0.2, 0.25) is 0 Å². The first-order valence-corrected chi connectivity index (χ1v) is 11.9. The molecule has 180 valence electrons. The lowest BCUT2D eigenvalue weighted by Crippen LogP contribution is -2.23. The molecule has 0 aliphatic heterocycles. The van der Waals surface area contributed by atoms with Gasteiger partial charge in [0.2, 0.25) is 0 Å². The maximum absolute atomic E-state index is 12.8. The van der Waals surface area contributed by atoms with Gasteiger partial charge in [0.25, 0.3) is 11.8 Å². The van der Waals surface area contributed by atoms with E-state index in [0.717, 1.165) is 16.9 Å². The van der Waals surface area contributed by atoms with Crippen molar-refractivity contribution in [2.75, 3.05) is 17.2 Å². The Kier molecular flexibility index (Phi) is 7.28. The minimum absolute atomic E-state index is 0.117. The molecule has 0 bridgehead atoms. The number of carbonyl (C=O) groups excluding carboxylic acids is 3. The van der Waals surface area contributed by atoms with Crippen molar-refractivity contribution in [2.45, 2.75) is 13.8 Å². The Morgan fingerprint density at radius 2 is 1.72 bits per heavy atom. The minimum atomic E-state index is -0.766. The van der Waals surface area contributed by atoms with Crippen LogP contribution in [-0.4, -0.2) is 29.0 Å². The van der Waals surface area contributed by atoms with Crippen molar-refractivity contribution in [3.8, 4) is 11.8 Å². The number of hydrogen-bond donors (Lipinski definition) is 2. The first kappa shape index (κ1) is 24.4. The van der Waals surface area contributed by atoms with E-state index >= 15 is 0 Å². The van der Waals surface area contributed by atoms with Gasteiger partial charge in [0.1, 0.15) is 11.9 Å². The van der Waals surface area contributed by atoms with Crippen molar-refractivity contribution in [3.63, 3.8) is 0 Å². The second kappa shape index (κ2) is 10.7. The fourth-order valence-corrected chi connectivity index (χ4v) is 4.33. The van der Waals surface area contributed by atoms with Crippen molar-refractivity contribution < 1.29 is 19.1 Å². The number of nitriles is 1. The Bertz CT molecular complexity index is 1470. The van der Waals surface area contributed by atoms with Gasteiger partial charge in [0, 0.05) is 16.8 Å². The predicted molar refractivity (Wildman–Crippen MR) is 138 cm³/mol. The normalized spacial score (nSPS) is 10.4. The molecule has 0 aliphatic carbocycles. The van der Waals surface area contributed by atoms with Crippen molar-refractivity contribution >= 4 is 40.6 Å². The lowest BCUT2D eigenvalue weighted by Gasteiger charge is -2.14. The molecule has 2 heterocycles. The number of nitrogens with one attached hydrogen (secondary N) is 2. The molecule has 0 spiro atoms. The topological polar surface area (TPSA) is 113 Å². The highest BCUT2D eigenvalue weighted by Gasteiger charge is 2.22. The SMILES string of the molecule is Cc1c(C#N)c(NC(=O)COC(=O)c2ccccc2NC(=O)c2ccsc2)n(-c2ccccc2)c1C. The van der Waals surface area contributed by atoms with Gasteiger partial charge in [-0.3, -0.25) is 14.2 Å². The molecular formula is C27H22N4O4S. The van der Waals surface area contributed by atoms with Gasteiger partial charge in [0.15, 0.2) is 6.61 Å². The van der Waals surface area contributed by atoms with E-state index in [1.807, 2.05) is 44.2 Å². The highest BCUT2D eigenvalue weighted by Crippen LogP contribution is 2.30. The minimum Gasteiger partial charge on any atom is -0.452 e. The van der Waals surface area contributed by atoms with E-state index in [9.17, 15) is 19.6 Å². The van der Waals surface area contributed by atoms with Crippen LogP contribution in [0.5, 0.6) is 0 Å². The average molecular weight is 499 g/mol. The van der Waals surface area contributed by atoms with Gasteiger partial charge in [-0.1, -0.05) is 30.3 Å². The van der Waals surface area contributed by atoms with Crippen LogP contribution in [0.1, 0.15) is 37.5 Å². The molecule has 0 fully saturated rings. The molecule has 0 saturated carbocycles. The molecule has 9 heteroatoms. The number of esters is 1. The summed E-state index contributed by atoms with van der Waals surface area (Å²) >= 11 is 1.39. The second-order valence-electron chi connectivity index (χ2n) is 7.85. The van der Waals surface area contributed by atoms with Crippen molar-refractivity contribution in [3.05, 3.63) is 99.4 Å². The van der Waals surface area contributed by atoms with Crippen LogP contribution in [0.3, 0.4) is 0 Å². The largest absolute Gasteiger partial charge is 0.452 e. The number of benzene rings is 2. The first-order chi connectivity index (χ1) is 17.4. The zero-order valence-corrected chi connectivity index (χ0v) is 20.4. The van der Waals surface area contributed by atoms with Crippen LogP contribution in [0, 0.1) is 25.2 Å². The third-order valence-electron chi connectivity index (χ3n) is 5.61. The van der Waals surface area contributed by atoms with Crippen LogP contribution in [0.15, 0.2) is 71.4 Å². The van der Waals surface area contributed by atoms with Gasteiger partial charge in [-0.2, -0.15) is 16.6 Å². The van der Waals surface area contributed by atoms with E-state index in [0.29, 0.717) is 16.9 Å². The summed E-state index contributed by atoms with van der Waals surface area (Å²) in [6.07, 6.45) is 0. The van der Waals surface area contributed by atoms with E-state index in [4.69, 9.17) is 4.74 Å². The molecule has 36 heavy (non-hydrogen) atoms. The summed E-state index contributed by atoms with van der Waals surface area (Å²) in [5.41, 5.74) is 3.52. The van der Waals surface area contributed by atoms with Crippen molar-refractivity contribution in [2.24, 2.45) is 0 Å². The number of amides is 2. The number of thiophene rings is 1. The fourth-order valence-electron chi connectivity index (χ4n) is 3.70. The molecule has 4 aromatic rings. The second-order valence-corrected chi connectivity index (χ2v) is 8.63. The van der Waals surface area contributed by atoms with Crippen molar-refractivity contribution in [1.82, 2.24) is 4.57 Å². The van der Waals surface area contributed by atoms with Crippen LogP contribution < -0.4 is 10.6 Å². The highest BCUT2D eigenvalue weighted by atomic mass is 32.1. The summed E-state index contributed by atoms with van der Waals surface area (Å²) in [5, 5.41) is 18.6. The predicted octanol–water partition coefficient (Wildman–Crippen LogP) is 5.08. The Labute approximate surface area is 211 Å². The monoisotopic (exact) mass is 498 g/mol. The molecule has 4 rings (SSSR count). The highest BCUT2D eigenvalue weighted by molar-refractivity contribution is 7.08. The third kappa shape index (κ3) is 5.04. The van der Waals surface area contributed by atoms with Gasteiger partial charge in [-0.15, -0.1) is 0 Å². The van der Waals surface area contributed by atoms with Gasteiger partial charge < -0.3 is 15.4 Å². The summed E-state index contributed by atoms with van der Waals surface area (Å²) in [4.78, 5) is 37.9. The molecule has 2 N–H and O–H groups in total. The van der Waals surface area contributed by atoms with Gasteiger partial charge in [-0.25, -0.2) is 4.79 Å². The molecule has 2 aromatic heterocycles. The standard InChI is InChI=1S/C27H22N4O4S/c1-17-18(2)31(20-8-4-3-5-9-20)25(22(17)14-28)30-24(32)15-35-27(34)21-10-6-7-11-23(21)29-26(33)19-12-13-36-16-19/h3-13,16H,15H2,1-2H3,(H,29,33)(H,30,32). The zero-order valence-electron chi connectivity index (χ0n) is 19.6. The fraction of sp³-hybridized carbons (Fsp3) is 0.111. The average Bonchev–Trinajstić information content (AvgIpc) is 3.51. The third-order valence-corrected chi connectivity index (χ3v) is 6.29. The van der Waals surface area contributed by atoms with Crippen LogP contribution in [-0.2, 0) is 9.53 Å². The van der Waals surface area contributed by atoms with E-state index < -0.39 is 18.5 Å². The molecule has 0 radical (unpaired) electrons. The Morgan fingerprint density at radius 1 is 1.00 bits per heavy atom. The Morgan fingerprint density at radius 3 is 2.42 bits per heavy atom. The number of anilines is 2. The first-order valence-electron chi connectivity index (χ1n) is 11.0. The van der Waals surface area contributed by atoms with Crippen LogP contribution in [0.25, 0.3) is 5.69 Å². The van der Waals surface area contributed by atoms with Crippen LogP contribution >= 0.6 is 11.3 Å². The van der Waals surface area contributed by atoms with Gasteiger partial charge in [0.05, 0.1) is 22.4 Å². The number of carbonyl (C=O) groups is 3. The molecular weight excluding hydrogens is 476 g/mol. The Balaban J connectivity index is 1.49. The molecule has 0 atom stereocenters.